The quantitative estimate of drug-likeness (QED) is 0.695. The molecule has 0 saturated heterocycles. The van der Waals surface area contributed by atoms with Crippen LogP contribution in [0.4, 0.5) is 0 Å². The molecule has 0 bridgehead atoms. The Bertz CT molecular complexity index is 539. The minimum atomic E-state index is -1.33. The molecule has 0 radical (unpaired) electrons. The van der Waals surface area contributed by atoms with Crippen molar-refractivity contribution in [2.24, 2.45) is 0 Å². The molecular weight excluding hydrogens is 267 g/mol. The number of carboxylic acid groups (broad SMARTS) is 2. The topological polar surface area (TPSA) is 80.3 Å². The summed E-state index contributed by atoms with van der Waals surface area (Å²) in [6.45, 7) is 0. The van der Waals surface area contributed by atoms with Crippen LogP contribution in [-0.2, 0) is 16.5 Å². The maximum absolute atomic E-state index is 10.8. The minimum Gasteiger partial charge on any atom is -0.545 e. The molecule has 88 valence electrons. The summed E-state index contributed by atoms with van der Waals surface area (Å²) in [6.07, 6.45) is 0. The Balaban J connectivity index is 0.00000144. The number of benzene rings is 2. The Morgan fingerprint density at radius 3 is 1.41 bits per heavy atom. The van der Waals surface area contributed by atoms with Crippen molar-refractivity contribution in [2.45, 2.75) is 0 Å². The fraction of sp³-hybridized carbons (Fsp3) is 0. The Morgan fingerprint density at radius 2 is 1.12 bits per heavy atom. The maximum atomic E-state index is 10.8. The molecule has 0 atom stereocenters. The van der Waals surface area contributed by atoms with Crippen molar-refractivity contribution < 1.29 is 36.3 Å². The SMILES string of the molecule is O=C([O-])c1cccc2c(C(=O)[O-])cccc12.[Ni+2]. The second kappa shape index (κ2) is 4.98. The van der Waals surface area contributed by atoms with Gasteiger partial charge < -0.3 is 19.8 Å². The van der Waals surface area contributed by atoms with Crippen LogP contribution >= 0.6 is 0 Å². The molecule has 0 fully saturated rings. The van der Waals surface area contributed by atoms with Gasteiger partial charge in [-0.05, 0) is 10.8 Å². The second-order valence-electron chi connectivity index (χ2n) is 3.28. The standard InChI is InChI=1S/C12H8O4.Ni/c13-11(14)9-5-1-3-7-8(9)4-2-6-10(7)12(15)16;/h1-6H,(H,13,14)(H,15,16);/q;+2/p-2. The fourth-order valence-corrected chi connectivity index (χ4v) is 1.67. The average Bonchev–Trinajstić information content (AvgIpc) is 2.27. The van der Waals surface area contributed by atoms with Crippen LogP contribution in [0.1, 0.15) is 20.7 Å². The number of carboxylic acids is 2. The van der Waals surface area contributed by atoms with Gasteiger partial charge in [0.05, 0.1) is 11.9 Å². The molecular formula is C12H6NiO4. The molecule has 2 aromatic carbocycles. The Kier molecular flexibility index (Phi) is 3.86. The average molecular weight is 273 g/mol. The van der Waals surface area contributed by atoms with Gasteiger partial charge in [-0.1, -0.05) is 36.4 Å². The van der Waals surface area contributed by atoms with E-state index in [1.165, 1.54) is 36.4 Å². The van der Waals surface area contributed by atoms with E-state index in [0.717, 1.165) is 0 Å². The smallest absolute Gasteiger partial charge is 0.545 e. The zero-order valence-electron chi connectivity index (χ0n) is 8.41. The van der Waals surface area contributed by atoms with Crippen molar-refractivity contribution in [1.82, 2.24) is 0 Å². The van der Waals surface area contributed by atoms with Crippen LogP contribution in [0.3, 0.4) is 0 Å². The predicted molar refractivity (Wildman–Crippen MR) is 52.6 cm³/mol. The second-order valence-corrected chi connectivity index (χ2v) is 3.28. The number of carbonyl (C=O) groups is 2. The van der Waals surface area contributed by atoms with E-state index in [1.807, 2.05) is 0 Å². The molecule has 0 amide bonds. The Hall–Kier alpha value is -1.87. The van der Waals surface area contributed by atoms with E-state index in [9.17, 15) is 19.8 Å². The third-order valence-electron chi connectivity index (χ3n) is 2.36. The third-order valence-corrected chi connectivity index (χ3v) is 2.36. The summed E-state index contributed by atoms with van der Waals surface area (Å²) in [5.41, 5.74) is -0.0544. The molecule has 0 saturated carbocycles. The maximum Gasteiger partial charge on any atom is 2.00 e. The van der Waals surface area contributed by atoms with Gasteiger partial charge in [0.1, 0.15) is 0 Å². The van der Waals surface area contributed by atoms with Crippen molar-refractivity contribution in [3.8, 4) is 0 Å². The van der Waals surface area contributed by atoms with E-state index in [-0.39, 0.29) is 27.6 Å². The zero-order chi connectivity index (χ0) is 11.7. The number of fused-ring (bicyclic) bond motifs is 1. The van der Waals surface area contributed by atoms with Crippen LogP contribution in [0.2, 0.25) is 0 Å². The fourth-order valence-electron chi connectivity index (χ4n) is 1.67. The first-order valence-corrected chi connectivity index (χ1v) is 4.55. The van der Waals surface area contributed by atoms with Gasteiger partial charge in [-0.2, -0.15) is 0 Å². The molecule has 0 aliphatic carbocycles. The van der Waals surface area contributed by atoms with Crippen molar-refractivity contribution >= 4 is 22.7 Å². The molecule has 17 heavy (non-hydrogen) atoms. The molecule has 0 aromatic heterocycles. The summed E-state index contributed by atoms with van der Waals surface area (Å²) in [5, 5.41) is 22.3. The monoisotopic (exact) mass is 272 g/mol. The van der Waals surface area contributed by atoms with Gasteiger partial charge in [-0.15, -0.1) is 0 Å². The summed E-state index contributed by atoms with van der Waals surface area (Å²) in [4.78, 5) is 21.6. The van der Waals surface area contributed by atoms with Crippen LogP contribution in [0, 0.1) is 0 Å². The van der Waals surface area contributed by atoms with Gasteiger partial charge in [0.15, 0.2) is 0 Å². The van der Waals surface area contributed by atoms with E-state index in [4.69, 9.17) is 0 Å². The molecule has 0 unspecified atom stereocenters. The number of aromatic carboxylic acids is 2. The summed E-state index contributed by atoms with van der Waals surface area (Å²) < 4.78 is 0. The third kappa shape index (κ3) is 2.29. The number of rotatable bonds is 2. The van der Waals surface area contributed by atoms with E-state index < -0.39 is 11.9 Å². The number of hydrogen-bond acceptors (Lipinski definition) is 4. The van der Waals surface area contributed by atoms with E-state index in [0.29, 0.717) is 10.8 Å². The molecule has 0 heterocycles. The summed E-state index contributed by atoms with van der Waals surface area (Å²) in [6, 6.07) is 8.76. The van der Waals surface area contributed by atoms with Gasteiger partial charge >= 0.3 is 16.5 Å². The first-order chi connectivity index (χ1) is 7.61. The molecule has 0 aliphatic heterocycles. The number of hydrogen-bond donors (Lipinski definition) is 0. The molecule has 2 rings (SSSR count). The zero-order valence-corrected chi connectivity index (χ0v) is 9.40. The minimum absolute atomic E-state index is 0. The van der Waals surface area contributed by atoms with E-state index >= 15 is 0 Å². The summed E-state index contributed by atoms with van der Waals surface area (Å²) in [7, 11) is 0. The summed E-state index contributed by atoms with van der Waals surface area (Å²) >= 11 is 0. The van der Waals surface area contributed by atoms with Crippen molar-refractivity contribution in [2.75, 3.05) is 0 Å². The van der Waals surface area contributed by atoms with Gasteiger partial charge in [0.2, 0.25) is 0 Å². The Morgan fingerprint density at radius 1 is 0.765 bits per heavy atom. The van der Waals surface area contributed by atoms with Crippen LogP contribution in [0.15, 0.2) is 36.4 Å². The van der Waals surface area contributed by atoms with Crippen LogP contribution in [0.5, 0.6) is 0 Å². The van der Waals surface area contributed by atoms with Gasteiger partial charge in [-0.3, -0.25) is 0 Å². The normalized spacial score (nSPS) is 9.65. The molecule has 2 aromatic rings. The van der Waals surface area contributed by atoms with Gasteiger partial charge in [0.25, 0.3) is 0 Å². The molecule has 0 aliphatic rings. The number of carbonyl (C=O) groups excluding carboxylic acids is 2. The largest absolute Gasteiger partial charge is 2.00 e. The van der Waals surface area contributed by atoms with E-state index in [2.05, 4.69) is 0 Å². The first kappa shape index (κ1) is 13.2. The van der Waals surface area contributed by atoms with Crippen molar-refractivity contribution in [3.05, 3.63) is 47.5 Å². The molecule has 0 N–H and O–H groups in total. The summed E-state index contributed by atoms with van der Waals surface area (Å²) in [5.74, 6) is -2.66. The van der Waals surface area contributed by atoms with Crippen molar-refractivity contribution in [1.29, 1.82) is 0 Å². The van der Waals surface area contributed by atoms with Crippen LogP contribution < -0.4 is 10.2 Å². The van der Waals surface area contributed by atoms with Crippen LogP contribution in [-0.4, -0.2) is 11.9 Å². The van der Waals surface area contributed by atoms with Crippen LogP contribution in [0.25, 0.3) is 10.8 Å². The first-order valence-electron chi connectivity index (χ1n) is 4.55. The van der Waals surface area contributed by atoms with Gasteiger partial charge in [-0.25, -0.2) is 0 Å². The predicted octanol–water partition coefficient (Wildman–Crippen LogP) is -0.436. The molecule has 0 spiro atoms. The van der Waals surface area contributed by atoms with Gasteiger partial charge in [0, 0.05) is 11.1 Å². The molecule has 4 nitrogen and oxygen atoms in total. The Labute approximate surface area is 107 Å². The molecule has 5 heteroatoms. The van der Waals surface area contributed by atoms with E-state index in [1.54, 1.807) is 0 Å². The van der Waals surface area contributed by atoms with Crippen molar-refractivity contribution in [3.63, 3.8) is 0 Å².